The molecule has 1 aromatic carbocycles. The van der Waals surface area contributed by atoms with Crippen molar-refractivity contribution in [3.63, 3.8) is 0 Å². The molecule has 2 nitrogen and oxygen atoms in total. The fraction of sp³-hybridized carbons (Fsp3) is 0.333. The van der Waals surface area contributed by atoms with E-state index in [0.29, 0.717) is 6.61 Å². The molecule has 0 fully saturated rings. The van der Waals surface area contributed by atoms with E-state index in [0.717, 1.165) is 23.6 Å². The van der Waals surface area contributed by atoms with Crippen molar-refractivity contribution < 1.29 is 4.74 Å². The van der Waals surface area contributed by atoms with E-state index in [1.807, 2.05) is 38.1 Å². The van der Waals surface area contributed by atoms with Gasteiger partial charge in [-0.15, -0.1) is 0 Å². The Balaban J connectivity index is 2.50. The molecule has 1 N–H and O–H groups in total. The van der Waals surface area contributed by atoms with Crippen LogP contribution in [0.4, 0.5) is 5.69 Å². The lowest BCUT2D eigenvalue weighted by atomic mass is 10.3. The quantitative estimate of drug-likeness (QED) is 0.722. The third kappa shape index (κ3) is 3.52. The van der Waals surface area contributed by atoms with Crippen LogP contribution >= 0.6 is 0 Å². The Morgan fingerprint density at radius 3 is 2.50 bits per heavy atom. The molecule has 0 aliphatic carbocycles. The molecule has 1 rings (SSSR count). The first-order valence-electron chi connectivity index (χ1n) is 4.83. The zero-order valence-electron chi connectivity index (χ0n) is 8.84. The number of ether oxygens (including phenoxy) is 1. The molecule has 0 saturated carbocycles. The molecular weight excluding hydrogens is 174 g/mol. The summed E-state index contributed by atoms with van der Waals surface area (Å²) in [5.74, 6) is 0.911. The number of hydrogen-bond acceptors (Lipinski definition) is 2. The lowest BCUT2D eigenvalue weighted by Crippen LogP contribution is -2.01. The molecule has 0 radical (unpaired) electrons. The highest BCUT2D eigenvalue weighted by Crippen LogP contribution is 2.15. The minimum absolute atomic E-state index is 0.707. The van der Waals surface area contributed by atoms with E-state index in [2.05, 4.69) is 11.9 Å². The van der Waals surface area contributed by atoms with Gasteiger partial charge in [0.15, 0.2) is 0 Å². The number of anilines is 1. The Morgan fingerprint density at radius 1 is 1.36 bits per heavy atom. The van der Waals surface area contributed by atoms with Gasteiger partial charge < -0.3 is 10.1 Å². The van der Waals surface area contributed by atoms with Gasteiger partial charge >= 0.3 is 0 Å². The van der Waals surface area contributed by atoms with Crippen LogP contribution in [0.25, 0.3) is 0 Å². The molecule has 0 aliphatic rings. The molecule has 1 aromatic rings. The van der Waals surface area contributed by atoms with Gasteiger partial charge in [0, 0.05) is 12.2 Å². The van der Waals surface area contributed by atoms with Crippen molar-refractivity contribution >= 4 is 5.69 Å². The lowest BCUT2D eigenvalue weighted by molar-refractivity contribution is 0.340. The highest BCUT2D eigenvalue weighted by atomic mass is 16.5. The maximum Gasteiger partial charge on any atom is 0.119 e. The predicted molar refractivity (Wildman–Crippen MR) is 60.9 cm³/mol. The molecule has 0 spiro atoms. The van der Waals surface area contributed by atoms with Crippen molar-refractivity contribution in [3.8, 4) is 5.75 Å². The fourth-order valence-corrected chi connectivity index (χ4v) is 1.09. The van der Waals surface area contributed by atoms with Crippen molar-refractivity contribution in [2.24, 2.45) is 0 Å². The van der Waals surface area contributed by atoms with Crippen molar-refractivity contribution in [3.05, 3.63) is 36.4 Å². The maximum atomic E-state index is 5.34. The molecule has 0 amide bonds. The maximum absolute atomic E-state index is 5.34. The third-order valence-corrected chi connectivity index (χ3v) is 1.76. The summed E-state index contributed by atoms with van der Waals surface area (Å²) in [7, 11) is 0. The standard InChI is InChI=1S/C12H17NO/c1-4-14-12-7-5-11(6-8-12)13-9-10(2)3/h5-8,13H,2,4,9H2,1,3H3. The van der Waals surface area contributed by atoms with Gasteiger partial charge in [-0.25, -0.2) is 0 Å². The second-order valence-electron chi connectivity index (χ2n) is 3.27. The third-order valence-electron chi connectivity index (χ3n) is 1.76. The Labute approximate surface area is 85.6 Å². The van der Waals surface area contributed by atoms with E-state index in [9.17, 15) is 0 Å². The zero-order valence-corrected chi connectivity index (χ0v) is 8.84. The summed E-state index contributed by atoms with van der Waals surface area (Å²) in [4.78, 5) is 0. The van der Waals surface area contributed by atoms with E-state index in [1.54, 1.807) is 0 Å². The average molecular weight is 191 g/mol. The summed E-state index contributed by atoms with van der Waals surface area (Å²) in [5, 5.41) is 3.26. The average Bonchev–Trinajstić information content (AvgIpc) is 2.17. The summed E-state index contributed by atoms with van der Waals surface area (Å²) < 4.78 is 5.34. The van der Waals surface area contributed by atoms with E-state index >= 15 is 0 Å². The largest absolute Gasteiger partial charge is 0.494 e. The highest BCUT2D eigenvalue weighted by Gasteiger charge is 1.93. The summed E-state index contributed by atoms with van der Waals surface area (Å²) >= 11 is 0. The molecule has 0 heterocycles. The Bertz CT molecular complexity index is 290. The second kappa shape index (κ2) is 5.32. The van der Waals surface area contributed by atoms with Gasteiger partial charge in [0.2, 0.25) is 0 Å². The number of benzene rings is 1. The smallest absolute Gasteiger partial charge is 0.119 e. The molecule has 2 heteroatoms. The van der Waals surface area contributed by atoms with Crippen LogP contribution < -0.4 is 10.1 Å². The van der Waals surface area contributed by atoms with Crippen molar-refractivity contribution in [2.45, 2.75) is 13.8 Å². The van der Waals surface area contributed by atoms with Crippen LogP contribution in [0.1, 0.15) is 13.8 Å². The van der Waals surface area contributed by atoms with Gasteiger partial charge in [-0.2, -0.15) is 0 Å². The Hall–Kier alpha value is -1.44. The molecule has 0 unspecified atom stereocenters. The minimum Gasteiger partial charge on any atom is -0.494 e. The van der Waals surface area contributed by atoms with Crippen molar-refractivity contribution in [2.75, 3.05) is 18.5 Å². The lowest BCUT2D eigenvalue weighted by Gasteiger charge is -2.07. The number of nitrogens with one attached hydrogen (secondary N) is 1. The monoisotopic (exact) mass is 191 g/mol. The van der Waals surface area contributed by atoms with Gasteiger partial charge in [-0.3, -0.25) is 0 Å². The highest BCUT2D eigenvalue weighted by molar-refractivity contribution is 5.47. The van der Waals surface area contributed by atoms with Gasteiger partial charge in [-0.1, -0.05) is 12.2 Å². The normalized spacial score (nSPS) is 9.57. The Kier molecular flexibility index (Phi) is 4.05. The molecule has 14 heavy (non-hydrogen) atoms. The van der Waals surface area contributed by atoms with E-state index in [1.165, 1.54) is 0 Å². The first-order valence-corrected chi connectivity index (χ1v) is 4.83. The topological polar surface area (TPSA) is 21.3 Å². The van der Waals surface area contributed by atoms with Crippen LogP contribution in [-0.2, 0) is 0 Å². The summed E-state index contributed by atoms with van der Waals surface area (Å²) in [5.41, 5.74) is 2.22. The molecule has 0 aliphatic heterocycles. The van der Waals surface area contributed by atoms with E-state index < -0.39 is 0 Å². The van der Waals surface area contributed by atoms with Crippen LogP contribution in [0, 0.1) is 0 Å². The molecule has 0 bridgehead atoms. The van der Waals surface area contributed by atoms with Gasteiger partial charge in [0.05, 0.1) is 6.61 Å². The predicted octanol–water partition coefficient (Wildman–Crippen LogP) is 3.07. The van der Waals surface area contributed by atoms with E-state index in [4.69, 9.17) is 4.74 Å². The van der Waals surface area contributed by atoms with E-state index in [-0.39, 0.29) is 0 Å². The Morgan fingerprint density at radius 2 is 2.00 bits per heavy atom. The molecular formula is C12H17NO. The number of rotatable bonds is 5. The van der Waals surface area contributed by atoms with Gasteiger partial charge in [0.1, 0.15) is 5.75 Å². The van der Waals surface area contributed by atoms with Gasteiger partial charge in [0.25, 0.3) is 0 Å². The SMILES string of the molecule is C=C(C)CNc1ccc(OCC)cc1. The van der Waals surface area contributed by atoms with Crippen LogP contribution in [0.5, 0.6) is 5.75 Å². The molecule has 0 atom stereocenters. The summed E-state index contributed by atoms with van der Waals surface area (Å²) in [6, 6.07) is 7.94. The van der Waals surface area contributed by atoms with Crippen LogP contribution in [0.15, 0.2) is 36.4 Å². The van der Waals surface area contributed by atoms with Gasteiger partial charge in [-0.05, 0) is 38.1 Å². The van der Waals surface area contributed by atoms with Crippen LogP contribution in [0.2, 0.25) is 0 Å². The number of hydrogen-bond donors (Lipinski definition) is 1. The summed E-state index contributed by atoms with van der Waals surface area (Å²) in [6.07, 6.45) is 0. The molecule has 76 valence electrons. The molecule has 0 aromatic heterocycles. The first-order chi connectivity index (χ1) is 6.72. The second-order valence-corrected chi connectivity index (χ2v) is 3.27. The fourth-order valence-electron chi connectivity index (χ4n) is 1.09. The minimum atomic E-state index is 0.707. The van der Waals surface area contributed by atoms with Crippen molar-refractivity contribution in [1.29, 1.82) is 0 Å². The van der Waals surface area contributed by atoms with Crippen molar-refractivity contribution in [1.82, 2.24) is 0 Å². The first kappa shape index (κ1) is 10.6. The van der Waals surface area contributed by atoms with Crippen LogP contribution in [-0.4, -0.2) is 13.2 Å². The zero-order chi connectivity index (χ0) is 10.4. The summed E-state index contributed by atoms with van der Waals surface area (Å²) in [6.45, 7) is 9.33. The molecule has 0 saturated heterocycles. The van der Waals surface area contributed by atoms with Crippen LogP contribution in [0.3, 0.4) is 0 Å².